The van der Waals surface area contributed by atoms with E-state index in [9.17, 15) is 0 Å². The zero-order valence-electron chi connectivity index (χ0n) is 14.1. The molecule has 128 valence electrons. The second-order valence-electron chi connectivity index (χ2n) is 6.55. The van der Waals surface area contributed by atoms with Crippen LogP contribution in [0.3, 0.4) is 0 Å². The molecule has 1 aliphatic rings. The van der Waals surface area contributed by atoms with Crippen LogP contribution < -0.4 is 10.7 Å². The van der Waals surface area contributed by atoms with Gasteiger partial charge in [0, 0.05) is 15.7 Å². The minimum absolute atomic E-state index is 0.507. The average molecular weight is 384 g/mol. The molecule has 1 aliphatic heterocycles. The Morgan fingerprint density at radius 3 is 2.70 bits per heavy atom. The third kappa shape index (κ3) is 2.22. The van der Waals surface area contributed by atoms with Crippen LogP contribution in [0.25, 0.3) is 31.2 Å². The Bertz CT molecular complexity index is 1450. The van der Waals surface area contributed by atoms with Crippen molar-refractivity contribution in [1.82, 2.24) is 4.98 Å². The largest absolute Gasteiger partial charge is 0.353 e. The minimum Gasteiger partial charge on any atom is -0.353 e. The lowest BCUT2D eigenvalue weighted by Crippen LogP contribution is -2.04. The first-order valence-electron chi connectivity index (χ1n) is 8.66. The molecule has 0 fully saturated rings. The molecule has 5 heteroatoms. The molecular weight excluding hydrogens is 370 g/mol. The quantitative estimate of drug-likeness (QED) is 0.239. The summed E-state index contributed by atoms with van der Waals surface area (Å²) in [6, 6.07) is 22.5. The Morgan fingerprint density at radius 1 is 0.889 bits per heavy atom. The molecule has 3 nitrogen and oxygen atoms in total. The van der Waals surface area contributed by atoms with E-state index in [1.165, 1.54) is 19.2 Å². The van der Waals surface area contributed by atoms with Gasteiger partial charge in [-0.2, -0.15) is 0 Å². The van der Waals surface area contributed by atoms with Crippen LogP contribution in [0.4, 0.5) is 11.4 Å². The number of aromatic nitrogens is 1. The van der Waals surface area contributed by atoms with E-state index in [1.54, 1.807) is 23.1 Å². The van der Waals surface area contributed by atoms with Gasteiger partial charge in [-0.1, -0.05) is 42.1 Å². The van der Waals surface area contributed by atoms with Gasteiger partial charge in [-0.15, -0.1) is 11.3 Å². The molecule has 0 saturated heterocycles. The summed E-state index contributed by atoms with van der Waals surface area (Å²) < 4.78 is 2.35. The Labute approximate surface area is 163 Å². The molecule has 0 unspecified atom stereocenters. The van der Waals surface area contributed by atoms with Gasteiger partial charge in [-0.25, -0.2) is 4.98 Å². The van der Waals surface area contributed by atoms with Gasteiger partial charge in [0.25, 0.3) is 0 Å². The number of nitrogens with zero attached hydrogens (tertiary/aromatic N) is 1. The van der Waals surface area contributed by atoms with Gasteiger partial charge in [0.1, 0.15) is 0 Å². The van der Waals surface area contributed by atoms with Crippen LogP contribution in [0.1, 0.15) is 0 Å². The molecule has 2 N–H and O–H groups in total. The molecule has 0 atom stereocenters. The highest BCUT2D eigenvalue weighted by Gasteiger charge is 2.23. The number of fused-ring (bicyclic) bond motifs is 8. The molecule has 0 aliphatic carbocycles. The van der Waals surface area contributed by atoms with Crippen LogP contribution >= 0.6 is 23.1 Å². The van der Waals surface area contributed by atoms with Gasteiger partial charge in [-0.3, -0.25) is 0 Å². The Morgan fingerprint density at radius 2 is 1.74 bits per heavy atom. The molecule has 0 radical (unpaired) electrons. The van der Waals surface area contributed by atoms with Crippen molar-refractivity contribution >= 4 is 65.7 Å². The number of hydrogen-bond donors (Lipinski definition) is 2. The Hall–Kier alpha value is -2.89. The molecule has 0 saturated carbocycles. The fraction of sp³-hybridized carbons (Fsp3) is 0. The number of para-hydroxylation sites is 2. The predicted octanol–water partition coefficient (Wildman–Crippen LogP) is 6.29. The number of benzene rings is 4. The van der Waals surface area contributed by atoms with Crippen LogP contribution in [-0.4, -0.2) is 4.98 Å². The maximum atomic E-state index is 8.12. The van der Waals surface area contributed by atoms with Crippen molar-refractivity contribution in [3.63, 3.8) is 0 Å². The lowest BCUT2D eigenvalue weighted by atomic mass is 10.1. The van der Waals surface area contributed by atoms with E-state index in [0.717, 1.165) is 33.2 Å². The summed E-state index contributed by atoms with van der Waals surface area (Å²) in [7, 11) is 0. The highest BCUT2D eigenvalue weighted by atomic mass is 32.2. The van der Waals surface area contributed by atoms with Crippen molar-refractivity contribution in [3.05, 3.63) is 72.1 Å². The summed E-state index contributed by atoms with van der Waals surface area (Å²) in [5, 5.41) is 14.4. The van der Waals surface area contributed by atoms with Gasteiger partial charge in [-0.05, 0) is 36.4 Å². The number of hydrogen-bond acceptors (Lipinski definition) is 5. The molecule has 1 aromatic heterocycles. The molecule has 5 aromatic rings. The van der Waals surface area contributed by atoms with E-state index >= 15 is 0 Å². The van der Waals surface area contributed by atoms with Crippen LogP contribution in [0, 0.1) is 5.41 Å². The van der Waals surface area contributed by atoms with E-state index in [4.69, 9.17) is 10.4 Å². The summed E-state index contributed by atoms with van der Waals surface area (Å²) in [4.78, 5) is 7.44. The molecule has 0 amide bonds. The van der Waals surface area contributed by atoms with E-state index in [0.29, 0.717) is 5.36 Å². The Balaban J connectivity index is 1.82. The van der Waals surface area contributed by atoms with Gasteiger partial charge >= 0.3 is 0 Å². The fourth-order valence-corrected chi connectivity index (χ4v) is 5.95. The molecule has 6 rings (SSSR count). The lowest BCUT2D eigenvalue weighted by molar-refractivity contribution is 1.28. The smallest absolute Gasteiger partial charge is 0.0902 e. The van der Waals surface area contributed by atoms with Crippen molar-refractivity contribution in [2.24, 2.45) is 0 Å². The second-order valence-corrected chi connectivity index (χ2v) is 8.65. The van der Waals surface area contributed by atoms with E-state index in [1.807, 2.05) is 24.3 Å². The maximum Gasteiger partial charge on any atom is 0.0902 e. The van der Waals surface area contributed by atoms with Crippen LogP contribution in [-0.2, 0) is 0 Å². The summed E-state index contributed by atoms with van der Waals surface area (Å²) >= 11 is 3.58. The highest BCUT2D eigenvalue weighted by molar-refractivity contribution is 8.00. The first kappa shape index (κ1) is 15.2. The number of rotatable bonds is 0. The van der Waals surface area contributed by atoms with Gasteiger partial charge in [0.05, 0.1) is 42.1 Å². The van der Waals surface area contributed by atoms with Crippen molar-refractivity contribution in [2.45, 2.75) is 9.79 Å². The first-order chi connectivity index (χ1) is 13.3. The van der Waals surface area contributed by atoms with Gasteiger partial charge in [0.2, 0.25) is 0 Å². The molecule has 2 heterocycles. The summed E-state index contributed by atoms with van der Waals surface area (Å²) in [5.74, 6) is 0. The minimum atomic E-state index is 0.507. The van der Waals surface area contributed by atoms with Crippen molar-refractivity contribution in [1.29, 1.82) is 5.41 Å². The van der Waals surface area contributed by atoms with Crippen LogP contribution in [0.2, 0.25) is 0 Å². The Kier molecular flexibility index (Phi) is 3.12. The third-order valence-electron chi connectivity index (χ3n) is 4.86. The summed E-state index contributed by atoms with van der Waals surface area (Å²) in [6.45, 7) is 0. The fourth-order valence-electron chi connectivity index (χ4n) is 3.62. The van der Waals surface area contributed by atoms with Crippen molar-refractivity contribution < 1.29 is 0 Å². The average Bonchev–Trinajstić information content (AvgIpc) is 2.71. The molecular formula is C22H13N3S2. The van der Waals surface area contributed by atoms with Crippen molar-refractivity contribution in [3.8, 4) is 0 Å². The molecule has 4 aromatic carbocycles. The zero-order chi connectivity index (χ0) is 18.0. The molecule has 0 bridgehead atoms. The normalized spacial score (nSPS) is 12.7. The van der Waals surface area contributed by atoms with Crippen molar-refractivity contribution in [2.75, 3.05) is 5.32 Å². The molecule has 0 spiro atoms. The lowest BCUT2D eigenvalue weighted by Gasteiger charge is -2.24. The van der Waals surface area contributed by atoms with Gasteiger partial charge in [0.15, 0.2) is 0 Å². The standard InChI is InChI=1S/C22H13N3S2/c23-12-9-10-13-14(11-12)20-22(27-18-8-4-2-6-16(18)25-20)21-19(13)24-15-5-1-3-7-17(15)26-21/h1-11,23-24H. The first-order valence-corrected chi connectivity index (χ1v) is 10.3. The topological polar surface area (TPSA) is 48.8 Å². The number of nitrogens with one attached hydrogen (secondary N) is 2. The SMILES string of the molecule is N=c1ccc2c3c(c4sc5ccccc5nc4c2c1)Sc1ccccc1N3. The molecule has 27 heavy (non-hydrogen) atoms. The summed E-state index contributed by atoms with van der Waals surface area (Å²) in [6.07, 6.45) is 0. The van der Waals surface area contributed by atoms with Crippen LogP contribution in [0.15, 0.2) is 76.5 Å². The highest BCUT2D eigenvalue weighted by Crippen LogP contribution is 2.51. The van der Waals surface area contributed by atoms with Gasteiger partial charge < -0.3 is 10.7 Å². The number of anilines is 2. The van der Waals surface area contributed by atoms with E-state index in [2.05, 4.69) is 47.8 Å². The van der Waals surface area contributed by atoms with Crippen LogP contribution in [0.5, 0.6) is 0 Å². The zero-order valence-corrected chi connectivity index (χ0v) is 15.7. The van der Waals surface area contributed by atoms with E-state index in [-0.39, 0.29) is 0 Å². The monoisotopic (exact) mass is 383 g/mol. The predicted molar refractivity (Wildman–Crippen MR) is 114 cm³/mol. The van der Waals surface area contributed by atoms with E-state index < -0.39 is 0 Å². The summed E-state index contributed by atoms with van der Waals surface area (Å²) in [5.41, 5.74) is 4.23. The third-order valence-corrected chi connectivity index (χ3v) is 7.34. The second kappa shape index (κ2) is 5.55. The maximum absolute atomic E-state index is 8.12.